The van der Waals surface area contributed by atoms with E-state index in [1.807, 2.05) is 30.3 Å². The molecule has 1 N–H and O–H groups in total. The number of halogens is 1. The second kappa shape index (κ2) is 5.10. The minimum Gasteiger partial charge on any atom is -0.481 e. The molecule has 0 aliphatic rings. The van der Waals surface area contributed by atoms with Crippen LogP contribution in [-0.4, -0.2) is 16.1 Å². The van der Waals surface area contributed by atoms with Crippen LogP contribution in [0.3, 0.4) is 0 Å². The van der Waals surface area contributed by atoms with Crippen LogP contribution in [0.1, 0.15) is 5.69 Å². The van der Waals surface area contributed by atoms with E-state index in [0.717, 1.165) is 15.6 Å². The summed E-state index contributed by atoms with van der Waals surface area (Å²) < 4.78 is 0.992. The number of nitrogens with zero attached hydrogens (tertiary/aromatic N) is 1. The highest BCUT2D eigenvalue weighted by Gasteiger charge is 2.04. The van der Waals surface area contributed by atoms with Gasteiger partial charge in [0.1, 0.15) is 0 Å². The molecule has 1 heterocycles. The molecule has 0 spiro atoms. The van der Waals surface area contributed by atoms with Crippen LogP contribution < -0.4 is 0 Å². The Morgan fingerprint density at radius 2 is 2.00 bits per heavy atom. The van der Waals surface area contributed by atoms with Crippen molar-refractivity contribution in [3.8, 4) is 11.1 Å². The maximum Gasteiger partial charge on any atom is 0.309 e. The Hall–Kier alpha value is -1.68. The van der Waals surface area contributed by atoms with Crippen molar-refractivity contribution in [1.29, 1.82) is 0 Å². The molecule has 0 fully saturated rings. The van der Waals surface area contributed by atoms with E-state index < -0.39 is 5.97 Å². The molecule has 0 saturated heterocycles. The summed E-state index contributed by atoms with van der Waals surface area (Å²) in [6.45, 7) is 0. The quantitative estimate of drug-likeness (QED) is 0.945. The van der Waals surface area contributed by atoms with Gasteiger partial charge in [-0.15, -0.1) is 0 Å². The Morgan fingerprint density at radius 3 is 2.71 bits per heavy atom. The fourth-order valence-corrected chi connectivity index (χ4v) is 1.98. The van der Waals surface area contributed by atoms with Gasteiger partial charge in [0.2, 0.25) is 0 Å². The molecule has 0 aliphatic carbocycles. The highest BCUT2D eigenvalue weighted by molar-refractivity contribution is 9.10. The third-order valence-electron chi connectivity index (χ3n) is 2.31. The van der Waals surface area contributed by atoms with Gasteiger partial charge in [-0.05, 0) is 35.4 Å². The van der Waals surface area contributed by atoms with E-state index in [-0.39, 0.29) is 6.42 Å². The molecule has 0 unspecified atom stereocenters. The zero-order valence-electron chi connectivity index (χ0n) is 8.93. The number of carboxylic acids is 1. The maximum atomic E-state index is 10.6. The lowest BCUT2D eigenvalue weighted by molar-refractivity contribution is -0.136. The van der Waals surface area contributed by atoms with Crippen LogP contribution in [-0.2, 0) is 11.2 Å². The van der Waals surface area contributed by atoms with Crippen LogP contribution in [0.15, 0.2) is 47.1 Å². The van der Waals surface area contributed by atoms with Crippen molar-refractivity contribution in [3.63, 3.8) is 0 Å². The molecular formula is C13H10BrNO2. The van der Waals surface area contributed by atoms with Gasteiger partial charge in [0.05, 0.1) is 12.1 Å². The third-order valence-corrected chi connectivity index (χ3v) is 2.80. The lowest BCUT2D eigenvalue weighted by atomic mass is 10.1. The lowest BCUT2D eigenvalue weighted by Crippen LogP contribution is -2.02. The molecule has 86 valence electrons. The van der Waals surface area contributed by atoms with Crippen molar-refractivity contribution in [2.45, 2.75) is 6.42 Å². The standard InChI is InChI=1S/C13H10BrNO2/c14-11-3-1-2-9(6-11)10-4-5-15-12(7-10)8-13(16)17/h1-7H,8H2,(H,16,17). The molecular weight excluding hydrogens is 282 g/mol. The first-order valence-electron chi connectivity index (χ1n) is 5.08. The summed E-state index contributed by atoms with van der Waals surface area (Å²) >= 11 is 3.41. The number of carboxylic acid groups (broad SMARTS) is 1. The molecule has 2 rings (SSSR count). The van der Waals surface area contributed by atoms with Gasteiger partial charge in [-0.3, -0.25) is 9.78 Å². The summed E-state index contributed by atoms with van der Waals surface area (Å²) in [6, 6.07) is 11.5. The van der Waals surface area contributed by atoms with Crippen molar-refractivity contribution in [3.05, 3.63) is 52.8 Å². The average molecular weight is 292 g/mol. The highest BCUT2D eigenvalue weighted by Crippen LogP contribution is 2.23. The molecule has 1 aromatic carbocycles. The van der Waals surface area contributed by atoms with Gasteiger partial charge in [0, 0.05) is 10.7 Å². The summed E-state index contributed by atoms with van der Waals surface area (Å²) in [4.78, 5) is 14.7. The van der Waals surface area contributed by atoms with Crippen LogP contribution in [0, 0.1) is 0 Å². The smallest absolute Gasteiger partial charge is 0.309 e. The van der Waals surface area contributed by atoms with Crippen molar-refractivity contribution < 1.29 is 9.90 Å². The van der Waals surface area contributed by atoms with Crippen LogP contribution in [0.5, 0.6) is 0 Å². The Bertz CT molecular complexity index is 555. The normalized spacial score (nSPS) is 10.2. The van der Waals surface area contributed by atoms with E-state index >= 15 is 0 Å². The Morgan fingerprint density at radius 1 is 1.24 bits per heavy atom. The Labute approximate surface area is 107 Å². The van der Waals surface area contributed by atoms with Crippen LogP contribution in [0.2, 0.25) is 0 Å². The molecule has 2 aromatic rings. The summed E-state index contributed by atoms with van der Waals surface area (Å²) in [5.41, 5.74) is 2.57. The number of rotatable bonds is 3. The number of aromatic nitrogens is 1. The largest absolute Gasteiger partial charge is 0.481 e. The minimum absolute atomic E-state index is 0.0537. The third kappa shape index (κ3) is 3.14. The predicted octanol–water partition coefficient (Wildman–Crippen LogP) is 3.14. The number of pyridine rings is 1. The summed E-state index contributed by atoms with van der Waals surface area (Å²) in [5.74, 6) is -0.871. The fraction of sp³-hybridized carbons (Fsp3) is 0.0769. The lowest BCUT2D eigenvalue weighted by Gasteiger charge is -2.04. The zero-order valence-corrected chi connectivity index (χ0v) is 10.5. The number of aliphatic carboxylic acids is 1. The van der Waals surface area contributed by atoms with E-state index in [0.29, 0.717) is 5.69 Å². The molecule has 0 bridgehead atoms. The molecule has 0 amide bonds. The molecule has 4 heteroatoms. The number of benzene rings is 1. The Balaban J connectivity index is 2.36. The van der Waals surface area contributed by atoms with Crippen molar-refractivity contribution >= 4 is 21.9 Å². The van der Waals surface area contributed by atoms with Crippen molar-refractivity contribution in [2.75, 3.05) is 0 Å². The maximum absolute atomic E-state index is 10.6. The minimum atomic E-state index is -0.871. The molecule has 3 nitrogen and oxygen atoms in total. The van der Waals surface area contributed by atoms with E-state index in [1.54, 1.807) is 12.3 Å². The van der Waals surface area contributed by atoms with Crippen molar-refractivity contribution in [2.24, 2.45) is 0 Å². The summed E-state index contributed by atoms with van der Waals surface area (Å²) in [6.07, 6.45) is 1.58. The molecule has 1 aromatic heterocycles. The van der Waals surface area contributed by atoms with Gasteiger partial charge in [-0.2, -0.15) is 0 Å². The van der Waals surface area contributed by atoms with E-state index in [1.165, 1.54) is 0 Å². The fourth-order valence-electron chi connectivity index (χ4n) is 1.58. The molecule has 17 heavy (non-hydrogen) atoms. The number of hydrogen-bond donors (Lipinski definition) is 1. The van der Waals surface area contributed by atoms with Gasteiger partial charge >= 0.3 is 5.97 Å². The van der Waals surface area contributed by atoms with Crippen LogP contribution >= 0.6 is 15.9 Å². The predicted molar refractivity (Wildman–Crippen MR) is 68.7 cm³/mol. The van der Waals surface area contributed by atoms with Gasteiger partial charge in [-0.1, -0.05) is 28.1 Å². The SMILES string of the molecule is O=C(O)Cc1cc(-c2cccc(Br)c2)ccn1. The van der Waals surface area contributed by atoms with E-state index in [2.05, 4.69) is 20.9 Å². The Kier molecular flexibility index (Phi) is 3.54. The summed E-state index contributed by atoms with van der Waals surface area (Å²) in [5, 5.41) is 8.72. The molecule has 0 saturated carbocycles. The van der Waals surface area contributed by atoms with Gasteiger partial charge in [0.25, 0.3) is 0 Å². The number of carbonyl (C=O) groups is 1. The van der Waals surface area contributed by atoms with Crippen molar-refractivity contribution in [1.82, 2.24) is 4.98 Å². The molecule has 0 radical (unpaired) electrons. The van der Waals surface area contributed by atoms with E-state index in [4.69, 9.17) is 5.11 Å². The summed E-state index contributed by atoms with van der Waals surface area (Å²) in [7, 11) is 0. The molecule has 0 aliphatic heterocycles. The van der Waals surface area contributed by atoms with E-state index in [9.17, 15) is 4.79 Å². The van der Waals surface area contributed by atoms with Crippen LogP contribution in [0.4, 0.5) is 0 Å². The molecule has 0 atom stereocenters. The first kappa shape index (κ1) is 11.8. The second-order valence-corrected chi connectivity index (χ2v) is 4.53. The topological polar surface area (TPSA) is 50.2 Å². The van der Waals surface area contributed by atoms with Crippen LogP contribution in [0.25, 0.3) is 11.1 Å². The zero-order chi connectivity index (χ0) is 12.3. The first-order valence-corrected chi connectivity index (χ1v) is 5.87. The van der Waals surface area contributed by atoms with Gasteiger partial charge in [0.15, 0.2) is 0 Å². The average Bonchev–Trinajstić information content (AvgIpc) is 2.28. The number of hydrogen-bond acceptors (Lipinski definition) is 2. The van der Waals surface area contributed by atoms with Gasteiger partial charge < -0.3 is 5.11 Å². The first-order chi connectivity index (χ1) is 8.15. The van der Waals surface area contributed by atoms with Gasteiger partial charge in [-0.25, -0.2) is 0 Å². The second-order valence-electron chi connectivity index (χ2n) is 3.62. The highest BCUT2D eigenvalue weighted by atomic mass is 79.9. The monoisotopic (exact) mass is 291 g/mol.